The van der Waals surface area contributed by atoms with Crippen molar-refractivity contribution in [1.29, 1.82) is 0 Å². The van der Waals surface area contributed by atoms with E-state index in [4.69, 9.17) is 14.6 Å². The first-order valence-electron chi connectivity index (χ1n) is 4.18. The molecule has 0 aromatic carbocycles. The zero-order chi connectivity index (χ0) is 9.10. The summed E-state index contributed by atoms with van der Waals surface area (Å²) >= 11 is 0. The molecular weight excluding hydrogens is 170 g/mol. The third-order valence-corrected chi connectivity index (χ3v) is 1.93. The summed E-state index contributed by atoms with van der Waals surface area (Å²) in [6.07, 6.45) is 3.38. The van der Waals surface area contributed by atoms with Gasteiger partial charge in [-0.15, -0.1) is 0 Å². The first-order valence-corrected chi connectivity index (χ1v) is 4.18. The van der Waals surface area contributed by atoms with Crippen LogP contribution in [0.1, 0.15) is 5.56 Å². The van der Waals surface area contributed by atoms with Crippen molar-refractivity contribution in [3.63, 3.8) is 0 Å². The number of hydrogen-bond donors (Lipinski definition) is 1. The zero-order valence-corrected chi connectivity index (χ0v) is 7.14. The summed E-state index contributed by atoms with van der Waals surface area (Å²) in [7, 11) is 0. The van der Waals surface area contributed by atoms with Crippen molar-refractivity contribution in [2.45, 2.75) is 12.7 Å². The highest BCUT2D eigenvalue weighted by Crippen LogP contribution is 2.20. The summed E-state index contributed by atoms with van der Waals surface area (Å²) in [6.45, 7) is 1.22. The Morgan fingerprint density at radius 3 is 3.08 bits per heavy atom. The van der Waals surface area contributed by atoms with Crippen molar-refractivity contribution < 1.29 is 14.6 Å². The van der Waals surface area contributed by atoms with E-state index in [1.807, 2.05) is 0 Å². The molecule has 0 bridgehead atoms. The van der Waals surface area contributed by atoms with Gasteiger partial charge in [0.1, 0.15) is 11.9 Å². The number of aliphatic hydroxyl groups is 1. The fraction of sp³-hybridized carbons (Fsp3) is 0.444. The Morgan fingerprint density at radius 2 is 2.46 bits per heavy atom. The Hall–Kier alpha value is -1.13. The summed E-state index contributed by atoms with van der Waals surface area (Å²) in [5, 5.41) is 8.97. The quantitative estimate of drug-likeness (QED) is 0.731. The summed E-state index contributed by atoms with van der Waals surface area (Å²) in [5.41, 5.74) is 0.717. The van der Waals surface area contributed by atoms with E-state index in [0.717, 1.165) is 5.56 Å². The lowest BCUT2D eigenvalue weighted by Gasteiger charge is -2.27. The third kappa shape index (κ3) is 1.79. The molecule has 1 fully saturated rings. The summed E-state index contributed by atoms with van der Waals surface area (Å²) < 4.78 is 10.5. The van der Waals surface area contributed by atoms with Crippen molar-refractivity contribution >= 4 is 0 Å². The van der Waals surface area contributed by atoms with Crippen LogP contribution >= 0.6 is 0 Å². The van der Waals surface area contributed by atoms with E-state index in [2.05, 4.69) is 4.98 Å². The number of aromatic nitrogens is 1. The van der Waals surface area contributed by atoms with Gasteiger partial charge in [-0.3, -0.25) is 4.98 Å². The van der Waals surface area contributed by atoms with Crippen LogP contribution in [0.4, 0.5) is 0 Å². The molecule has 0 saturated carbocycles. The van der Waals surface area contributed by atoms with Crippen molar-refractivity contribution in [2.24, 2.45) is 0 Å². The van der Waals surface area contributed by atoms with E-state index < -0.39 is 0 Å². The molecule has 0 spiro atoms. The van der Waals surface area contributed by atoms with Gasteiger partial charge < -0.3 is 14.6 Å². The molecule has 1 aromatic heterocycles. The number of hydrogen-bond acceptors (Lipinski definition) is 4. The van der Waals surface area contributed by atoms with E-state index in [1.54, 1.807) is 18.5 Å². The van der Waals surface area contributed by atoms with Gasteiger partial charge in [-0.2, -0.15) is 0 Å². The molecule has 0 aliphatic carbocycles. The van der Waals surface area contributed by atoms with Crippen LogP contribution in [-0.2, 0) is 11.3 Å². The van der Waals surface area contributed by atoms with Gasteiger partial charge in [-0.25, -0.2) is 0 Å². The molecule has 1 aliphatic heterocycles. The van der Waals surface area contributed by atoms with Crippen LogP contribution in [0.25, 0.3) is 0 Å². The Morgan fingerprint density at radius 1 is 1.62 bits per heavy atom. The third-order valence-electron chi connectivity index (χ3n) is 1.93. The summed E-state index contributed by atoms with van der Waals surface area (Å²) in [6, 6.07) is 1.75. The first-order chi connectivity index (χ1) is 6.40. The van der Waals surface area contributed by atoms with Gasteiger partial charge in [0.2, 0.25) is 0 Å². The second-order valence-electron chi connectivity index (χ2n) is 2.92. The molecule has 13 heavy (non-hydrogen) atoms. The lowest BCUT2D eigenvalue weighted by atomic mass is 10.2. The minimum atomic E-state index is -0.0449. The molecule has 0 atom stereocenters. The predicted octanol–water partition coefficient (Wildman–Crippen LogP) is 0.351. The maximum absolute atomic E-state index is 8.97. The molecule has 0 amide bonds. The zero-order valence-electron chi connectivity index (χ0n) is 7.14. The van der Waals surface area contributed by atoms with Crippen molar-refractivity contribution in [1.82, 2.24) is 4.98 Å². The fourth-order valence-electron chi connectivity index (χ4n) is 1.11. The molecule has 1 aromatic rings. The van der Waals surface area contributed by atoms with Crippen LogP contribution in [-0.4, -0.2) is 29.4 Å². The number of nitrogens with zero attached hydrogens (tertiary/aromatic N) is 1. The van der Waals surface area contributed by atoms with Crippen LogP contribution in [0.2, 0.25) is 0 Å². The maximum Gasteiger partial charge on any atom is 0.145 e. The molecule has 1 aliphatic rings. The van der Waals surface area contributed by atoms with Gasteiger partial charge in [0.05, 0.1) is 19.8 Å². The molecule has 2 heterocycles. The number of ether oxygens (including phenoxy) is 2. The van der Waals surface area contributed by atoms with Crippen molar-refractivity contribution in [2.75, 3.05) is 13.2 Å². The SMILES string of the molecule is OCc1cnccc1OC1COC1. The highest BCUT2D eigenvalue weighted by atomic mass is 16.6. The smallest absolute Gasteiger partial charge is 0.145 e. The second kappa shape index (κ2) is 3.72. The topological polar surface area (TPSA) is 51.6 Å². The van der Waals surface area contributed by atoms with Crippen LogP contribution in [0.5, 0.6) is 5.75 Å². The molecule has 4 heteroatoms. The average molecular weight is 181 g/mol. The van der Waals surface area contributed by atoms with Gasteiger partial charge in [0.25, 0.3) is 0 Å². The van der Waals surface area contributed by atoms with Crippen molar-refractivity contribution in [3.8, 4) is 5.75 Å². The highest BCUT2D eigenvalue weighted by molar-refractivity contribution is 5.29. The molecule has 70 valence electrons. The van der Waals surface area contributed by atoms with Crippen molar-refractivity contribution in [3.05, 3.63) is 24.0 Å². The lowest BCUT2D eigenvalue weighted by Crippen LogP contribution is -2.38. The van der Waals surface area contributed by atoms with E-state index in [1.165, 1.54) is 0 Å². The molecular formula is C9H11NO3. The minimum absolute atomic E-state index is 0.0449. The summed E-state index contributed by atoms with van der Waals surface area (Å²) in [5.74, 6) is 0.700. The monoisotopic (exact) mass is 181 g/mol. The fourth-order valence-corrected chi connectivity index (χ4v) is 1.11. The number of pyridine rings is 1. The highest BCUT2D eigenvalue weighted by Gasteiger charge is 2.20. The molecule has 4 nitrogen and oxygen atoms in total. The molecule has 1 N–H and O–H groups in total. The average Bonchev–Trinajstić information content (AvgIpc) is 2.12. The molecule has 2 rings (SSSR count). The standard InChI is InChI=1S/C9H11NO3/c11-4-7-3-10-2-1-9(7)13-8-5-12-6-8/h1-3,8,11H,4-6H2. The molecule has 0 radical (unpaired) electrons. The Labute approximate surface area is 76.1 Å². The maximum atomic E-state index is 8.97. The van der Waals surface area contributed by atoms with Gasteiger partial charge >= 0.3 is 0 Å². The van der Waals surface area contributed by atoms with Gasteiger partial charge in [-0.05, 0) is 6.07 Å². The Kier molecular flexibility index (Phi) is 2.42. The van der Waals surface area contributed by atoms with Gasteiger partial charge in [0, 0.05) is 18.0 Å². The van der Waals surface area contributed by atoms with Crippen LogP contribution in [0, 0.1) is 0 Å². The number of aliphatic hydroxyl groups excluding tert-OH is 1. The Bertz CT molecular complexity index is 286. The molecule has 0 unspecified atom stereocenters. The van der Waals surface area contributed by atoms with E-state index >= 15 is 0 Å². The largest absolute Gasteiger partial charge is 0.485 e. The van der Waals surface area contributed by atoms with E-state index in [0.29, 0.717) is 19.0 Å². The number of rotatable bonds is 3. The predicted molar refractivity (Wildman–Crippen MR) is 45.4 cm³/mol. The summed E-state index contributed by atoms with van der Waals surface area (Å²) in [4.78, 5) is 3.90. The van der Waals surface area contributed by atoms with E-state index in [-0.39, 0.29) is 12.7 Å². The lowest BCUT2D eigenvalue weighted by molar-refractivity contribution is -0.0802. The van der Waals surface area contributed by atoms with E-state index in [9.17, 15) is 0 Å². The van der Waals surface area contributed by atoms with Crippen LogP contribution < -0.4 is 4.74 Å². The molecule has 1 saturated heterocycles. The second-order valence-corrected chi connectivity index (χ2v) is 2.92. The van der Waals surface area contributed by atoms with Crippen LogP contribution in [0.15, 0.2) is 18.5 Å². The first kappa shape index (κ1) is 8.47. The van der Waals surface area contributed by atoms with Gasteiger partial charge in [0.15, 0.2) is 0 Å². The minimum Gasteiger partial charge on any atom is -0.485 e. The normalized spacial score (nSPS) is 16.7. The van der Waals surface area contributed by atoms with Crippen LogP contribution in [0.3, 0.4) is 0 Å². The Balaban J connectivity index is 2.08. The van der Waals surface area contributed by atoms with Gasteiger partial charge in [-0.1, -0.05) is 0 Å².